The maximum Gasteiger partial charge on any atom is 0.251 e. The molecule has 0 atom stereocenters. The number of rotatable bonds is 5. The minimum absolute atomic E-state index is 0.0904. The first-order valence-corrected chi connectivity index (χ1v) is 8.07. The lowest BCUT2D eigenvalue weighted by molar-refractivity contribution is -0.111. The quantitative estimate of drug-likeness (QED) is 0.832. The van der Waals surface area contributed by atoms with Crippen molar-refractivity contribution in [2.45, 2.75) is 18.9 Å². The van der Waals surface area contributed by atoms with Crippen molar-refractivity contribution in [2.75, 3.05) is 5.32 Å². The second-order valence-electron chi connectivity index (χ2n) is 5.21. The van der Waals surface area contributed by atoms with Gasteiger partial charge in [0.1, 0.15) is 0 Å². The number of hydrogen-bond acceptors (Lipinski definition) is 3. The lowest BCUT2D eigenvalue weighted by Crippen LogP contribution is -2.25. The molecule has 0 bridgehead atoms. The average molecular weight is 312 g/mol. The lowest BCUT2D eigenvalue weighted by Gasteiger charge is -2.06. The molecule has 1 aliphatic carbocycles. The summed E-state index contributed by atoms with van der Waals surface area (Å²) in [7, 11) is 0. The first kappa shape index (κ1) is 14.5. The molecule has 1 fully saturated rings. The van der Waals surface area contributed by atoms with Crippen LogP contribution in [0.1, 0.15) is 28.8 Å². The molecule has 1 aromatic heterocycles. The van der Waals surface area contributed by atoms with Gasteiger partial charge in [0.05, 0.1) is 0 Å². The highest BCUT2D eigenvalue weighted by molar-refractivity contribution is 7.08. The number of carbonyl (C=O) groups is 2. The SMILES string of the molecule is O=C(/C=C/c1ccsc1)Nc1cccc(C(=O)NC2CC2)c1. The molecule has 1 saturated carbocycles. The van der Waals surface area contributed by atoms with Crippen LogP contribution in [-0.2, 0) is 4.79 Å². The van der Waals surface area contributed by atoms with E-state index in [0.29, 0.717) is 17.3 Å². The van der Waals surface area contributed by atoms with Crippen molar-refractivity contribution >= 4 is 34.9 Å². The molecule has 0 saturated heterocycles. The number of thiophene rings is 1. The molecule has 0 aliphatic heterocycles. The van der Waals surface area contributed by atoms with Crippen LogP contribution in [0, 0.1) is 0 Å². The van der Waals surface area contributed by atoms with Crippen LogP contribution in [0.2, 0.25) is 0 Å². The monoisotopic (exact) mass is 312 g/mol. The zero-order valence-electron chi connectivity index (χ0n) is 11.9. The van der Waals surface area contributed by atoms with E-state index in [1.54, 1.807) is 41.7 Å². The first-order chi connectivity index (χ1) is 10.7. The van der Waals surface area contributed by atoms with Gasteiger partial charge in [-0.15, -0.1) is 0 Å². The van der Waals surface area contributed by atoms with Crippen LogP contribution < -0.4 is 10.6 Å². The Morgan fingerprint density at radius 1 is 1.23 bits per heavy atom. The normalized spacial score (nSPS) is 14.0. The van der Waals surface area contributed by atoms with E-state index >= 15 is 0 Å². The third kappa shape index (κ3) is 4.05. The number of hydrogen-bond donors (Lipinski definition) is 2. The Labute approximate surface area is 132 Å². The summed E-state index contributed by atoms with van der Waals surface area (Å²) < 4.78 is 0. The topological polar surface area (TPSA) is 58.2 Å². The Morgan fingerprint density at radius 2 is 2.09 bits per heavy atom. The Hall–Kier alpha value is -2.40. The highest BCUT2D eigenvalue weighted by atomic mass is 32.1. The molecule has 1 aliphatic rings. The van der Waals surface area contributed by atoms with Gasteiger partial charge in [0.2, 0.25) is 5.91 Å². The highest BCUT2D eigenvalue weighted by Gasteiger charge is 2.23. The average Bonchev–Trinajstić information content (AvgIpc) is 3.17. The Balaban J connectivity index is 1.61. The molecule has 2 N–H and O–H groups in total. The minimum atomic E-state index is -0.217. The number of anilines is 1. The van der Waals surface area contributed by atoms with Gasteiger partial charge in [-0.05, 0) is 59.5 Å². The molecule has 2 aromatic rings. The van der Waals surface area contributed by atoms with E-state index in [9.17, 15) is 9.59 Å². The van der Waals surface area contributed by atoms with Gasteiger partial charge in [-0.3, -0.25) is 9.59 Å². The van der Waals surface area contributed by atoms with Gasteiger partial charge in [-0.2, -0.15) is 11.3 Å². The zero-order valence-corrected chi connectivity index (χ0v) is 12.7. The summed E-state index contributed by atoms with van der Waals surface area (Å²) in [4.78, 5) is 23.9. The molecule has 112 valence electrons. The van der Waals surface area contributed by atoms with Crippen LogP contribution in [0.5, 0.6) is 0 Å². The van der Waals surface area contributed by atoms with Crippen LogP contribution in [0.3, 0.4) is 0 Å². The van der Waals surface area contributed by atoms with Gasteiger partial charge < -0.3 is 10.6 Å². The summed E-state index contributed by atoms with van der Waals surface area (Å²) in [6, 6.07) is 9.23. The number of benzene rings is 1. The molecule has 1 aromatic carbocycles. The lowest BCUT2D eigenvalue weighted by atomic mass is 10.2. The van der Waals surface area contributed by atoms with Crippen LogP contribution in [0.4, 0.5) is 5.69 Å². The summed E-state index contributed by atoms with van der Waals surface area (Å²) in [6.45, 7) is 0. The van der Waals surface area contributed by atoms with Gasteiger partial charge in [0.25, 0.3) is 5.91 Å². The molecular weight excluding hydrogens is 296 g/mol. The molecule has 5 heteroatoms. The van der Waals surface area contributed by atoms with E-state index in [1.165, 1.54) is 6.08 Å². The predicted octanol–water partition coefficient (Wildman–Crippen LogP) is 3.29. The Bertz CT molecular complexity index is 703. The third-order valence-corrected chi connectivity index (χ3v) is 3.98. The fourth-order valence-corrected chi connectivity index (χ4v) is 2.59. The summed E-state index contributed by atoms with van der Waals surface area (Å²) in [5.41, 5.74) is 2.17. The second kappa shape index (κ2) is 6.58. The molecule has 2 amide bonds. The van der Waals surface area contributed by atoms with E-state index < -0.39 is 0 Å². The van der Waals surface area contributed by atoms with E-state index in [-0.39, 0.29) is 11.8 Å². The number of amides is 2. The standard InChI is InChI=1S/C17H16N2O2S/c20-16(7-4-12-8-9-22-11-12)18-15-3-1-2-13(10-15)17(21)19-14-5-6-14/h1-4,7-11,14H,5-6H2,(H,18,20)(H,19,21)/b7-4+. The van der Waals surface area contributed by atoms with Gasteiger partial charge in [0, 0.05) is 23.4 Å². The molecule has 0 unspecified atom stereocenters. The van der Waals surface area contributed by atoms with Crippen molar-refractivity contribution in [3.63, 3.8) is 0 Å². The Morgan fingerprint density at radius 3 is 2.82 bits per heavy atom. The van der Waals surface area contributed by atoms with Crippen LogP contribution in [-0.4, -0.2) is 17.9 Å². The van der Waals surface area contributed by atoms with Crippen LogP contribution >= 0.6 is 11.3 Å². The number of nitrogens with one attached hydrogen (secondary N) is 2. The van der Waals surface area contributed by atoms with Crippen molar-refractivity contribution in [2.24, 2.45) is 0 Å². The van der Waals surface area contributed by atoms with E-state index in [1.807, 2.05) is 16.8 Å². The van der Waals surface area contributed by atoms with Gasteiger partial charge in [-0.1, -0.05) is 6.07 Å². The molecule has 3 rings (SSSR count). The van der Waals surface area contributed by atoms with Gasteiger partial charge in [-0.25, -0.2) is 0 Å². The summed E-state index contributed by atoms with van der Waals surface area (Å²) in [6.07, 6.45) is 5.35. The Kier molecular flexibility index (Phi) is 4.34. The smallest absolute Gasteiger partial charge is 0.251 e. The maximum atomic E-state index is 12.0. The molecule has 0 spiro atoms. The highest BCUT2D eigenvalue weighted by Crippen LogP contribution is 2.20. The van der Waals surface area contributed by atoms with Crippen LogP contribution in [0.25, 0.3) is 6.08 Å². The molecule has 1 heterocycles. The fraction of sp³-hybridized carbons (Fsp3) is 0.176. The van der Waals surface area contributed by atoms with Gasteiger partial charge in [0.15, 0.2) is 0 Å². The predicted molar refractivity (Wildman–Crippen MR) is 88.9 cm³/mol. The molecule has 4 nitrogen and oxygen atoms in total. The van der Waals surface area contributed by atoms with Crippen molar-refractivity contribution in [1.82, 2.24) is 5.32 Å². The number of carbonyl (C=O) groups excluding carboxylic acids is 2. The summed E-state index contributed by atoms with van der Waals surface area (Å²) in [5, 5.41) is 9.62. The summed E-state index contributed by atoms with van der Waals surface area (Å²) in [5.74, 6) is -0.307. The molecule has 0 radical (unpaired) electrons. The molecular formula is C17H16N2O2S. The van der Waals surface area contributed by atoms with Crippen LogP contribution in [0.15, 0.2) is 47.2 Å². The summed E-state index contributed by atoms with van der Waals surface area (Å²) >= 11 is 1.58. The largest absolute Gasteiger partial charge is 0.349 e. The fourth-order valence-electron chi connectivity index (χ4n) is 1.96. The van der Waals surface area contributed by atoms with E-state index in [0.717, 1.165) is 18.4 Å². The second-order valence-corrected chi connectivity index (χ2v) is 5.99. The van der Waals surface area contributed by atoms with Crippen molar-refractivity contribution in [3.8, 4) is 0 Å². The minimum Gasteiger partial charge on any atom is -0.349 e. The van der Waals surface area contributed by atoms with Crippen molar-refractivity contribution in [3.05, 3.63) is 58.3 Å². The first-order valence-electron chi connectivity index (χ1n) is 7.13. The maximum absolute atomic E-state index is 12.0. The van der Waals surface area contributed by atoms with E-state index in [4.69, 9.17) is 0 Å². The van der Waals surface area contributed by atoms with Crippen molar-refractivity contribution < 1.29 is 9.59 Å². The zero-order chi connectivity index (χ0) is 15.4. The van der Waals surface area contributed by atoms with Gasteiger partial charge >= 0.3 is 0 Å². The van der Waals surface area contributed by atoms with E-state index in [2.05, 4.69) is 10.6 Å². The van der Waals surface area contributed by atoms with Crippen molar-refractivity contribution in [1.29, 1.82) is 0 Å². The molecule has 22 heavy (non-hydrogen) atoms. The third-order valence-electron chi connectivity index (χ3n) is 3.28.